The lowest BCUT2D eigenvalue weighted by Gasteiger charge is -2.20. The van der Waals surface area contributed by atoms with Crippen LogP contribution in [0.2, 0.25) is 0 Å². The number of rotatable bonds is 7. The van der Waals surface area contributed by atoms with Crippen LogP contribution in [0.1, 0.15) is 23.8 Å². The van der Waals surface area contributed by atoms with Crippen molar-refractivity contribution in [2.45, 2.75) is 26.4 Å². The normalized spacial score (nSPS) is 10.8. The summed E-state index contributed by atoms with van der Waals surface area (Å²) >= 11 is 5.27. The van der Waals surface area contributed by atoms with Crippen LogP contribution in [0, 0.1) is 0 Å². The van der Waals surface area contributed by atoms with Crippen molar-refractivity contribution in [3.63, 3.8) is 0 Å². The summed E-state index contributed by atoms with van der Waals surface area (Å²) in [6.07, 6.45) is 3.01. The average molecular weight is 354 g/mol. The minimum absolute atomic E-state index is 0.871. The van der Waals surface area contributed by atoms with Gasteiger partial charge in [-0.15, -0.1) is 11.3 Å². The monoisotopic (exact) mass is 353 g/mol. The Morgan fingerprint density at radius 1 is 1.45 bits per heavy atom. The Morgan fingerprint density at radius 3 is 3.00 bits per heavy atom. The number of thiophene rings is 1. The lowest BCUT2D eigenvalue weighted by atomic mass is 10.2. The number of hydrogen-bond donors (Lipinski definition) is 1. The van der Waals surface area contributed by atoms with E-state index in [-0.39, 0.29) is 0 Å². The van der Waals surface area contributed by atoms with Crippen molar-refractivity contribution in [2.75, 3.05) is 18.5 Å². The van der Waals surface area contributed by atoms with Gasteiger partial charge >= 0.3 is 0 Å². The highest BCUT2D eigenvalue weighted by Gasteiger charge is 2.10. The van der Waals surface area contributed by atoms with Crippen molar-refractivity contribution in [1.29, 1.82) is 0 Å². The van der Waals surface area contributed by atoms with Gasteiger partial charge in [0.2, 0.25) is 0 Å². The number of halogens is 1. The molecule has 5 heteroatoms. The van der Waals surface area contributed by atoms with Gasteiger partial charge in [0.25, 0.3) is 0 Å². The van der Waals surface area contributed by atoms with Crippen molar-refractivity contribution >= 4 is 33.1 Å². The van der Waals surface area contributed by atoms with Crippen LogP contribution in [0.25, 0.3) is 0 Å². The third kappa shape index (κ3) is 4.30. The van der Waals surface area contributed by atoms with Crippen molar-refractivity contribution in [1.82, 2.24) is 10.3 Å². The number of hydrogen-bond acceptors (Lipinski definition) is 4. The van der Waals surface area contributed by atoms with E-state index >= 15 is 0 Å². The first-order valence-electron chi connectivity index (χ1n) is 6.79. The highest BCUT2D eigenvalue weighted by Crippen LogP contribution is 2.23. The molecular weight excluding hydrogens is 334 g/mol. The molecule has 20 heavy (non-hydrogen) atoms. The molecule has 0 aliphatic carbocycles. The molecule has 3 nitrogen and oxygen atoms in total. The minimum Gasteiger partial charge on any atom is -0.354 e. The molecule has 0 aliphatic rings. The van der Waals surface area contributed by atoms with Gasteiger partial charge in [-0.3, -0.25) is 0 Å². The van der Waals surface area contributed by atoms with Crippen molar-refractivity contribution in [2.24, 2.45) is 0 Å². The molecule has 2 aromatic heterocycles. The predicted molar refractivity (Wildman–Crippen MR) is 90.4 cm³/mol. The Kier molecular flexibility index (Phi) is 6.01. The number of aromatic nitrogens is 1. The molecule has 0 bridgehead atoms. The maximum Gasteiger partial charge on any atom is 0.133 e. The van der Waals surface area contributed by atoms with Gasteiger partial charge in [0.05, 0.1) is 6.54 Å². The summed E-state index contributed by atoms with van der Waals surface area (Å²) in [4.78, 5) is 8.08. The van der Waals surface area contributed by atoms with Crippen LogP contribution in [0.15, 0.2) is 34.2 Å². The maximum atomic E-state index is 4.54. The van der Waals surface area contributed by atoms with Gasteiger partial charge in [-0.1, -0.05) is 13.0 Å². The van der Waals surface area contributed by atoms with E-state index in [1.54, 1.807) is 11.3 Å². The molecule has 0 amide bonds. The zero-order chi connectivity index (χ0) is 14.4. The van der Waals surface area contributed by atoms with Crippen LogP contribution in [0.5, 0.6) is 0 Å². The molecular formula is C15H20BrN3S. The summed E-state index contributed by atoms with van der Waals surface area (Å²) in [6.45, 7) is 4.97. The molecule has 1 N–H and O–H groups in total. The largest absolute Gasteiger partial charge is 0.354 e. The van der Waals surface area contributed by atoms with Gasteiger partial charge in [-0.2, -0.15) is 0 Å². The van der Waals surface area contributed by atoms with E-state index in [9.17, 15) is 0 Å². The molecule has 2 rings (SSSR count). The molecule has 0 saturated heterocycles. The number of nitrogens with zero attached hydrogens (tertiary/aromatic N) is 2. The zero-order valence-corrected chi connectivity index (χ0v) is 14.3. The second-order valence-electron chi connectivity index (χ2n) is 4.75. The summed E-state index contributed by atoms with van der Waals surface area (Å²) in [5, 5.41) is 5.56. The molecule has 0 fully saturated rings. The van der Waals surface area contributed by atoms with Crippen LogP contribution in [-0.4, -0.2) is 18.6 Å². The third-order valence-electron chi connectivity index (χ3n) is 2.99. The Morgan fingerprint density at radius 2 is 2.30 bits per heavy atom. The first-order valence-corrected chi connectivity index (χ1v) is 8.46. The SMILES string of the molecule is CCCNCc1cccnc1N(C)Cc1cc(Br)cs1. The van der Waals surface area contributed by atoms with E-state index in [2.05, 4.69) is 62.6 Å². The summed E-state index contributed by atoms with van der Waals surface area (Å²) < 4.78 is 1.15. The van der Waals surface area contributed by atoms with Gasteiger partial charge in [0.1, 0.15) is 5.82 Å². The van der Waals surface area contributed by atoms with Crippen LogP contribution in [-0.2, 0) is 13.1 Å². The Hall–Kier alpha value is -0.910. The quantitative estimate of drug-likeness (QED) is 0.761. The number of pyridine rings is 1. The fourth-order valence-corrected chi connectivity index (χ4v) is 3.56. The van der Waals surface area contributed by atoms with E-state index in [4.69, 9.17) is 0 Å². The van der Waals surface area contributed by atoms with Gasteiger partial charge in [-0.25, -0.2) is 4.98 Å². The highest BCUT2D eigenvalue weighted by molar-refractivity contribution is 9.10. The topological polar surface area (TPSA) is 28.2 Å². The minimum atomic E-state index is 0.871. The summed E-state index contributed by atoms with van der Waals surface area (Å²) in [5.74, 6) is 1.06. The lowest BCUT2D eigenvalue weighted by molar-refractivity contribution is 0.671. The smallest absolute Gasteiger partial charge is 0.133 e. The maximum absolute atomic E-state index is 4.54. The molecule has 0 spiro atoms. The number of nitrogens with one attached hydrogen (secondary N) is 1. The van der Waals surface area contributed by atoms with Crippen molar-refractivity contribution < 1.29 is 0 Å². The second-order valence-corrected chi connectivity index (χ2v) is 6.66. The van der Waals surface area contributed by atoms with Crippen molar-refractivity contribution in [3.8, 4) is 0 Å². The molecule has 2 heterocycles. The van der Waals surface area contributed by atoms with E-state index in [0.29, 0.717) is 0 Å². The van der Waals surface area contributed by atoms with Gasteiger partial charge in [0.15, 0.2) is 0 Å². The standard InChI is InChI=1S/C15H20BrN3S/c1-3-6-17-9-12-5-4-7-18-15(12)19(2)10-14-8-13(16)11-20-14/h4-5,7-8,11,17H,3,6,9-10H2,1-2H3. The van der Waals surface area contributed by atoms with Crippen molar-refractivity contribution in [3.05, 3.63) is 44.7 Å². The molecule has 0 saturated carbocycles. The van der Waals surface area contributed by atoms with E-state index < -0.39 is 0 Å². The fourth-order valence-electron chi connectivity index (χ4n) is 2.06. The predicted octanol–water partition coefficient (Wildman–Crippen LogP) is 4.04. The van der Waals surface area contributed by atoms with Gasteiger partial charge in [-0.05, 0) is 41.0 Å². The average Bonchev–Trinajstić information content (AvgIpc) is 2.85. The summed E-state index contributed by atoms with van der Waals surface area (Å²) in [7, 11) is 2.10. The van der Waals surface area contributed by atoms with E-state index in [1.807, 2.05) is 12.3 Å². The first-order chi connectivity index (χ1) is 9.70. The molecule has 0 atom stereocenters. The Bertz CT molecular complexity index is 541. The summed E-state index contributed by atoms with van der Waals surface area (Å²) in [5.41, 5.74) is 1.25. The third-order valence-corrected chi connectivity index (χ3v) is 4.67. The first kappa shape index (κ1) is 15.5. The highest BCUT2D eigenvalue weighted by atomic mass is 79.9. The van der Waals surface area contributed by atoms with Gasteiger partial charge in [0, 0.05) is 40.1 Å². The van der Waals surface area contributed by atoms with Gasteiger partial charge < -0.3 is 10.2 Å². The van der Waals surface area contributed by atoms with E-state index in [1.165, 1.54) is 10.4 Å². The Balaban J connectivity index is 2.06. The number of anilines is 1. The van der Waals surface area contributed by atoms with Crippen LogP contribution < -0.4 is 10.2 Å². The Labute approximate surface area is 133 Å². The molecule has 2 aromatic rings. The fraction of sp³-hybridized carbons (Fsp3) is 0.400. The molecule has 0 aliphatic heterocycles. The van der Waals surface area contributed by atoms with Crippen LogP contribution in [0.3, 0.4) is 0 Å². The molecule has 108 valence electrons. The lowest BCUT2D eigenvalue weighted by Crippen LogP contribution is -2.21. The zero-order valence-electron chi connectivity index (χ0n) is 11.9. The molecule has 0 aromatic carbocycles. The van der Waals surface area contributed by atoms with Crippen LogP contribution >= 0.6 is 27.3 Å². The molecule has 0 unspecified atom stereocenters. The van der Waals surface area contributed by atoms with E-state index in [0.717, 1.165) is 36.3 Å². The molecule has 0 radical (unpaired) electrons. The van der Waals surface area contributed by atoms with Crippen LogP contribution in [0.4, 0.5) is 5.82 Å². The second kappa shape index (κ2) is 7.76. The summed E-state index contributed by atoms with van der Waals surface area (Å²) in [6, 6.07) is 6.31.